The Bertz CT molecular complexity index is 433. The van der Waals surface area contributed by atoms with Crippen molar-refractivity contribution in [3.05, 3.63) is 22.4 Å². The molecule has 2 heterocycles. The van der Waals surface area contributed by atoms with Crippen molar-refractivity contribution in [3.63, 3.8) is 0 Å². The summed E-state index contributed by atoms with van der Waals surface area (Å²) < 4.78 is 5.39. The quantitative estimate of drug-likeness (QED) is 0.900. The van der Waals surface area contributed by atoms with E-state index >= 15 is 0 Å². The Hall–Kier alpha value is -1.40. The zero-order valence-electron chi connectivity index (χ0n) is 10.9. The number of amides is 2. The fourth-order valence-electron chi connectivity index (χ4n) is 1.98. The Morgan fingerprint density at radius 2 is 2.42 bits per heavy atom. The molecule has 0 aromatic carbocycles. The molecular weight excluding hydrogens is 264 g/mol. The zero-order chi connectivity index (χ0) is 13.7. The molecule has 1 N–H and O–H groups in total. The fourth-order valence-corrected chi connectivity index (χ4v) is 2.62. The molecule has 1 saturated heterocycles. The summed E-state index contributed by atoms with van der Waals surface area (Å²) in [5.41, 5.74) is 0.650. The number of nitrogens with one attached hydrogen (secondary N) is 1. The summed E-state index contributed by atoms with van der Waals surface area (Å²) in [5.74, 6) is -0.0508. The van der Waals surface area contributed by atoms with Gasteiger partial charge in [-0.2, -0.15) is 11.3 Å². The first-order chi connectivity index (χ1) is 9.16. The van der Waals surface area contributed by atoms with E-state index in [-0.39, 0.29) is 17.9 Å². The molecular formula is C13H18N2O3S. The van der Waals surface area contributed by atoms with Crippen molar-refractivity contribution in [2.75, 3.05) is 26.2 Å². The first kappa shape index (κ1) is 14.0. The third-order valence-corrected chi connectivity index (χ3v) is 3.68. The Morgan fingerprint density at radius 3 is 3.11 bits per heavy atom. The molecule has 0 saturated carbocycles. The molecule has 1 atom stereocenters. The van der Waals surface area contributed by atoms with E-state index in [0.717, 1.165) is 0 Å². The van der Waals surface area contributed by atoms with Gasteiger partial charge in [0, 0.05) is 37.0 Å². The number of carbonyl (C=O) groups excluding carboxylic acids is 2. The van der Waals surface area contributed by atoms with Gasteiger partial charge in [-0.3, -0.25) is 9.59 Å². The summed E-state index contributed by atoms with van der Waals surface area (Å²) >= 11 is 1.48. The topological polar surface area (TPSA) is 58.6 Å². The second-order valence-corrected chi connectivity index (χ2v) is 5.32. The van der Waals surface area contributed by atoms with Crippen molar-refractivity contribution >= 4 is 23.2 Å². The lowest BCUT2D eigenvalue weighted by molar-refractivity contribution is -0.137. The molecule has 1 fully saturated rings. The Kier molecular flexibility index (Phi) is 4.93. The van der Waals surface area contributed by atoms with E-state index in [4.69, 9.17) is 4.74 Å². The van der Waals surface area contributed by atoms with Gasteiger partial charge in [0.1, 0.15) is 0 Å². The third-order valence-electron chi connectivity index (χ3n) is 3.00. The van der Waals surface area contributed by atoms with Crippen molar-refractivity contribution in [2.24, 2.45) is 0 Å². The normalized spacial score (nSPS) is 19.2. The van der Waals surface area contributed by atoms with Gasteiger partial charge in [0.15, 0.2) is 0 Å². The van der Waals surface area contributed by atoms with Crippen molar-refractivity contribution in [2.45, 2.75) is 19.4 Å². The van der Waals surface area contributed by atoms with Crippen LogP contribution in [0.3, 0.4) is 0 Å². The highest BCUT2D eigenvalue weighted by Crippen LogP contribution is 2.07. The van der Waals surface area contributed by atoms with Gasteiger partial charge in [-0.05, 0) is 18.4 Å². The van der Waals surface area contributed by atoms with Crippen LogP contribution in [-0.4, -0.2) is 49.1 Å². The molecule has 104 valence electrons. The Labute approximate surface area is 116 Å². The first-order valence-electron chi connectivity index (χ1n) is 6.36. The van der Waals surface area contributed by atoms with E-state index in [0.29, 0.717) is 38.2 Å². The molecule has 6 heteroatoms. The van der Waals surface area contributed by atoms with Crippen molar-refractivity contribution < 1.29 is 14.3 Å². The molecule has 0 aliphatic carbocycles. The molecule has 1 aliphatic heterocycles. The maximum Gasteiger partial charge on any atom is 0.252 e. The molecule has 0 bridgehead atoms. The van der Waals surface area contributed by atoms with Crippen LogP contribution >= 0.6 is 11.3 Å². The van der Waals surface area contributed by atoms with Gasteiger partial charge in [0.05, 0.1) is 12.7 Å². The van der Waals surface area contributed by atoms with Crippen LogP contribution in [0.15, 0.2) is 16.8 Å². The van der Waals surface area contributed by atoms with E-state index in [9.17, 15) is 9.59 Å². The number of morpholine rings is 1. The van der Waals surface area contributed by atoms with Crippen LogP contribution in [0.4, 0.5) is 0 Å². The zero-order valence-corrected chi connectivity index (χ0v) is 11.7. The molecule has 0 radical (unpaired) electrons. The van der Waals surface area contributed by atoms with Gasteiger partial charge < -0.3 is 15.0 Å². The summed E-state index contributed by atoms with van der Waals surface area (Å²) in [7, 11) is 0. The Balaban J connectivity index is 1.70. The van der Waals surface area contributed by atoms with Crippen LogP contribution in [0, 0.1) is 0 Å². The fraction of sp³-hybridized carbons (Fsp3) is 0.538. The van der Waals surface area contributed by atoms with Gasteiger partial charge in [-0.15, -0.1) is 0 Å². The molecule has 2 amide bonds. The maximum atomic E-state index is 11.9. The van der Waals surface area contributed by atoms with Crippen LogP contribution in [-0.2, 0) is 9.53 Å². The number of hydrogen-bond acceptors (Lipinski definition) is 4. The molecule has 1 aromatic rings. The SMILES string of the molecule is CC1CN(C(=O)CCNC(=O)c2ccsc2)CCO1. The number of ether oxygens (including phenoxy) is 1. The summed E-state index contributed by atoms with van der Waals surface area (Å²) in [6.45, 7) is 4.20. The minimum atomic E-state index is -0.121. The van der Waals surface area contributed by atoms with Gasteiger partial charge in [0.25, 0.3) is 5.91 Å². The van der Waals surface area contributed by atoms with Crippen molar-refractivity contribution in [1.82, 2.24) is 10.2 Å². The number of thiophene rings is 1. The predicted molar refractivity (Wildman–Crippen MR) is 73.3 cm³/mol. The average Bonchev–Trinajstić information content (AvgIpc) is 2.92. The first-order valence-corrected chi connectivity index (χ1v) is 7.31. The number of rotatable bonds is 4. The van der Waals surface area contributed by atoms with Crippen LogP contribution < -0.4 is 5.32 Å². The molecule has 5 nitrogen and oxygen atoms in total. The van der Waals surface area contributed by atoms with E-state index in [1.165, 1.54) is 11.3 Å². The molecule has 0 spiro atoms. The maximum absolute atomic E-state index is 11.9. The highest BCUT2D eigenvalue weighted by atomic mass is 32.1. The summed E-state index contributed by atoms with van der Waals surface area (Å²) in [4.78, 5) is 25.4. The molecule has 1 aromatic heterocycles. The standard InChI is InChI=1S/C13H18N2O3S/c1-10-8-15(5-6-18-10)12(16)2-4-14-13(17)11-3-7-19-9-11/h3,7,9-10H,2,4-6,8H2,1H3,(H,14,17). The van der Waals surface area contributed by atoms with Crippen molar-refractivity contribution in [1.29, 1.82) is 0 Å². The smallest absolute Gasteiger partial charge is 0.252 e. The van der Waals surface area contributed by atoms with Gasteiger partial charge in [0.2, 0.25) is 5.91 Å². The minimum Gasteiger partial charge on any atom is -0.375 e. The molecule has 1 unspecified atom stereocenters. The Morgan fingerprint density at radius 1 is 1.58 bits per heavy atom. The molecule has 2 rings (SSSR count). The van der Waals surface area contributed by atoms with Crippen LogP contribution in [0.5, 0.6) is 0 Å². The van der Waals surface area contributed by atoms with Gasteiger partial charge in [-0.25, -0.2) is 0 Å². The van der Waals surface area contributed by atoms with E-state index in [1.54, 1.807) is 16.3 Å². The van der Waals surface area contributed by atoms with Crippen LogP contribution in [0.25, 0.3) is 0 Å². The number of hydrogen-bond donors (Lipinski definition) is 1. The van der Waals surface area contributed by atoms with Gasteiger partial charge in [-0.1, -0.05) is 0 Å². The average molecular weight is 282 g/mol. The van der Waals surface area contributed by atoms with E-state index < -0.39 is 0 Å². The summed E-state index contributed by atoms with van der Waals surface area (Å²) in [6, 6.07) is 1.77. The monoisotopic (exact) mass is 282 g/mol. The van der Waals surface area contributed by atoms with Crippen LogP contribution in [0.1, 0.15) is 23.7 Å². The van der Waals surface area contributed by atoms with E-state index in [1.807, 2.05) is 12.3 Å². The largest absolute Gasteiger partial charge is 0.375 e. The van der Waals surface area contributed by atoms with Gasteiger partial charge >= 0.3 is 0 Å². The third kappa shape index (κ3) is 4.04. The lowest BCUT2D eigenvalue weighted by Crippen LogP contribution is -2.45. The minimum absolute atomic E-state index is 0.0702. The molecule has 1 aliphatic rings. The summed E-state index contributed by atoms with van der Waals surface area (Å²) in [5, 5.41) is 6.40. The number of carbonyl (C=O) groups is 2. The second kappa shape index (κ2) is 6.68. The predicted octanol–water partition coefficient (Wildman–Crippen LogP) is 1.12. The van der Waals surface area contributed by atoms with Crippen LogP contribution in [0.2, 0.25) is 0 Å². The highest BCUT2D eigenvalue weighted by molar-refractivity contribution is 7.08. The second-order valence-electron chi connectivity index (χ2n) is 4.54. The lowest BCUT2D eigenvalue weighted by atomic mass is 10.2. The van der Waals surface area contributed by atoms with E-state index in [2.05, 4.69) is 5.32 Å². The highest BCUT2D eigenvalue weighted by Gasteiger charge is 2.20. The number of nitrogens with zero attached hydrogens (tertiary/aromatic N) is 1. The van der Waals surface area contributed by atoms with Crippen molar-refractivity contribution in [3.8, 4) is 0 Å². The molecule has 19 heavy (non-hydrogen) atoms. The summed E-state index contributed by atoms with van der Waals surface area (Å²) in [6.07, 6.45) is 0.431. The lowest BCUT2D eigenvalue weighted by Gasteiger charge is -2.31.